The molecule has 0 N–H and O–H groups in total. The maximum atomic E-state index is 2.36. The van der Waals surface area contributed by atoms with E-state index in [-0.39, 0.29) is 0 Å². The average molecular weight is 225 g/mol. The Kier molecular flexibility index (Phi) is 3.00. The van der Waals surface area contributed by atoms with E-state index in [1.165, 1.54) is 43.5 Å². The maximum absolute atomic E-state index is 2.36. The first-order valence-corrected chi connectivity index (χ1v) is 6.68. The number of benzene rings is 1. The molecule has 0 atom stereocenters. The highest BCUT2D eigenvalue weighted by Gasteiger charge is 2.18. The highest BCUT2D eigenvalue weighted by Crippen LogP contribution is 2.33. The van der Waals surface area contributed by atoms with Gasteiger partial charge in [-0.15, -0.1) is 0 Å². The second-order valence-electron chi connectivity index (χ2n) is 4.97. The lowest BCUT2D eigenvalue weighted by Gasteiger charge is -2.23. The maximum Gasteiger partial charge on any atom is 0.0452 e. The van der Waals surface area contributed by atoms with E-state index in [0.717, 1.165) is 5.92 Å². The van der Waals surface area contributed by atoms with Crippen molar-refractivity contribution in [2.45, 2.75) is 38.0 Å². The first-order chi connectivity index (χ1) is 8.45. The minimum Gasteiger partial charge on any atom is -0.321 e. The normalized spacial score (nSPS) is 17.2. The molecule has 0 saturated heterocycles. The quantitative estimate of drug-likeness (QED) is 0.708. The Balaban J connectivity index is 1.93. The second-order valence-corrected chi connectivity index (χ2v) is 4.97. The molecule has 1 nitrogen and oxygen atoms in total. The molecule has 1 heteroatoms. The molecular formula is C16H19N. The van der Waals surface area contributed by atoms with Gasteiger partial charge in [0.2, 0.25) is 0 Å². The molecule has 1 aliphatic rings. The molecule has 0 radical (unpaired) electrons. The molecule has 0 aliphatic heterocycles. The summed E-state index contributed by atoms with van der Waals surface area (Å²) < 4.78 is 2.36. The van der Waals surface area contributed by atoms with Crippen LogP contribution in [0.4, 0.5) is 0 Å². The molecule has 1 aromatic heterocycles. The zero-order valence-corrected chi connectivity index (χ0v) is 10.2. The third-order valence-corrected chi connectivity index (χ3v) is 3.84. The van der Waals surface area contributed by atoms with Gasteiger partial charge in [-0.25, -0.2) is 0 Å². The standard InChI is InChI=1S/C16H19N/c1-3-8-14(9-4-1)16-12-7-13-17(16)15-10-5-2-6-11-15/h2,5-7,10-14H,1,3-4,8-9H2. The molecular weight excluding hydrogens is 206 g/mol. The molecule has 0 amide bonds. The zero-order chi connectivity index (χ0) is 11.5. The minimum atomic E-state index is 0.763. The van der Waals surface area contributed by atoms with Crippen LogP contribution in [-0.4, -0.2) is 4.57 Å². The summed E-state index contributed by atoms with van der Waals surface area (Å²) in [5.41, 5.74) is 2.79. The minimum absolute atomic E-state index is 0.763. The van der Waals surface area contributed by atoms with Crippen molar-refractivity contribution in [2.75, 3.05) is 0 Å². The third kappa shape index (κ3) is 2.14. The van der Waals surface area contributed by atoms with Crippen LogP contribution in [0.3, 0.4) is 0 Å². The lowest BCUT2D eigenvalue weighted by atomic mass is 9.87. The Bertz CT molecular complexity index is 463. The molecule has 0 spiro atoms. The van der Waals surface area contributed by atoms with E-state index in [1.807, 2.05) is 0 Å². The van der Waals surface area contributed by atoms with E-state index < -0.39 is 0 Å². The first kappa shape index (κ1) is 10.6. The van der Waals surface area contributed by atoms with Crippen LogP contribution < -0.4 is 0 Å². The van der Waals surface area contributed by atoms with Crippen molar-refractivity contribution < 1.29 is 0 Å². The van der Waals surface area contributed by atoms with Crippen molar-refractivity contribution in [3.05, 3.63) is 54.4 Å². The fourth-order valence-corrected chi connectivity index (χ4v) is 2.95. The number of aromatic nitrogens is 1. The molecule has 88 valence electrons. The summed E-state index contributed by atoms with van der Waals surface area (Å²) in [4.78, 5) is 0. The lowest BCUT2D eigenvalue weighted by Crippen LogP contribution is -2.09. The highest BCUT2D eigenvalue weighted by molar-refractivity contribution is 5.35. The van der Waals surface area contributed by atoms with Gasteiger partial charge in [0.25, 0.3) is 0 Å². The van der Waals surface area contributed by atoms with Crippen LogP contribution in [0.25, 0.3) is 5.69 Å². The highest BCUT2D eigenvalue weighted by atomic mass is 15.0. The predicted molar refractivity (Wildman–Crippen MR) is 71.6 cm³/mol. The Hall–Kier alpha value is -1.50. The van der Waals surface area contributed by atoms with Crippen LogP contribution >= 0.6 is 0 Å². The Morgan fingerprint density at radius 1 is 0.824 bits per heavy atom. The van der Waals surface area contributed by atoms with Gasteiger partial charge in [-0.3, -0.25) is 0 Å². The van der Waals surface area contributed by atoms with Gasteiger partial charge >= 0.3 is 0 Å². The van der Waals surface area contributed by atoms with Gasteiger partial charge < -0.3 is 4.57 Å². The van der Waals surface area contributed by atoms with Crippen molar-refractivity contribution in [2.24, 2.45) is 0 Å². The molecule has 1 aliphatic carbocycles. The van der Waals surface area contributed by atoms with Crippen LogP contribution in [0, 0.1) is 0 Å². The molecule has 3 rings (SSSR count). The molecule has 1 heterocycles. The monoisotopic (exact) mass is 225 g/mol. The van der Waals surface area contributed by atoms with Crippen LogP contribution in [0.5, 0.6) is 0 Å². The van der Waals surface area contributed by atoms with Gasteiger partial charge in [0.05, 0.1) is 0 Å². The molecule has 1 fully saturated rings. The van der Waals surface area contributed by atoms with Crippen molar-refractivity contribution in [3.63, 3.8) is 0 Å². The Labute approximate surface area is 103 Å². The third-order valence-electron chi connectivity index (χ3n) is 3.84. The average Bonchev–Trinajstić information content (AvgIpc) is 2.90. The van der Waals surface area contributed by atoms with E-state index in [9.17, 15) is 0 Å². The molecule has 17 heavy (non-hydrogen) atoms. The number of rotatable bonds is 2. The Morgan fingerprint density at radius 3 is 2.35 bits per heavy atom. The summed E-state index contributed by atoms with van der Waals surface area (Å²) in [5, 5.41) is 0. The molecule has 0 unspecified atom stereocenters. The zero-order valence-electron chi connectivity index (χ0n) is 10.2. The van der Waals surface area contributed by atoms with Gasteiger partial charge in [0, 0.05) is 17.6 Å². The van der Waals surface area contributed by atoms with Gasteiger partial charge in [-0.05, 0) is 43.0 Å². The summed E-state index contributed by atoms with van der Waals surface area (Å²) >= 11 is 0. The van der Waals surface area contributed by atoms with Crippen LogP contribution in [-0.2, 0) is 0 Å². The fourth-order valence-electron chi connectivity index (χ4n) is 2.95. The van der Waals surface area contributed by atoms with Gasteiger partial charge in [0.1, 0.15) is 0 Å². The molecule has 1 aromatic carbocycles. The molecule has 2 aromatic rings. The van der Waals surface area contributed by atoms with Crippen LogP contribution in [0.1, 0.15) is 43.7 Å². The van der Waals surface area contributed by atoms with Crippen molar-refractivity contribution in [1.29, 1.82) is 0 Å². The second kappa shape index (κ2) is 4.79. The van der Waals surface area contributed by atoms with Crippen molar-refractivity contribution >= 4 is 0 Å². The fraction of sp³-hybridized carbons (Fsp3) is 0.375. The van der Waals surface area contributed by atoms with E-state index >= 15 is 0 Å². The predicted octanol–water partition coefficient (Wildman–Crippen LogP) is 4.53. The van der Waals surface area contributed by atoms with Gasteiger partial charge in [-0.1, -0.05) is 37.5 Å². The summed E-state index contributed by atoms with van der Waals surface area (Å²) in [6.07, 6.45) is 9.12. The summed E-state index contributed by atoms with van der Waals surface area (Å²) in [6, 6.07) is 15.1. The SMILES string of the molecule is c1ccc(-n2cccc2C2CCCCC2)cc1. The largest absolute Gasteiger partial charge is 0.321 e. The van der Waals surface area contributed by atoms with E-state index in [1.54, 1.807) is 0 Å². The number of para-hydroxylation sites is 1. The number of hydrogen-bond donors (Lipinski definition) is 0. The molecule has 1 saturated carbocycles. The van der Waals surface area contributed by atoms with E-state index in [0.29, 0.717) is 0 Å². The van der Waals surface area contributed by atoms with E-state index in [2.05, 4.69) is 53.2 Å². The topological polar surface area (TPSA) is 4.93 Å². The van der Waals surface area contributed by atoms with Crippen LogP contribution in [0.2, 0.25) is 0 Å². The summed E-state index contributed by atoms with van der Waals surface area (Å²) in [7, 11) is 0. The van der Waals surface area contributed by atoms with Gasteiger partial charge in [-0.2, -0.15) is 0 Å². The number of nitrogens with zero attached hydrogens (tertiary/aromatic N) is 1. The number of hydrogen-bond acceptors (Lipinski definition) is 0. The van der Waals surface area contributed by atoms with Crippen molar-refractivity contribution in [3.8, 4) is 5.69 Å². The first-order valence-electron chi connectivity index (χ1n) is 6.68. The smallest absolute Gasteiger partial charge is 0.0452 e. The van der Waals surface area contributed by atoms with Gasteiger partial charge in [0.15, 0.2) is 0 Å². The lowest BCUT2D eigenvalue weighted by molar-refractivity contribution is 0.433. The summed E-state index contributed by atoms with van der Waals surface area (Å²) in [6.45, 7) is 0. The van der Waals surface area contributed by atoms with Crippen LogP contribution in [0.15, 0.2) is 48.7 Å². The van der Waals surface area contributed by atoms with Crippen molar-refractivity contribution in [1.82, 2.24) is 4.57 Å². The Morgan fingerprint density at radius 2 is 1.59 bits per heavy atom. The van der Waals surface area contributed by atoms with E-state index in [4.69, 9.17) is 0 Å². The summed E-state index contributed by atoms with van der Waals surface area (Å²) in [5.74, 6) is 0.763. The molecule has 0 bridgehead atoms.